The molecule has 128 valence electrons. The maximum absolute atomic E-state index is 4.79. The number of aryl methyl sites for hydroxylation is 1. The number of rotatable bonds is 8. The third kappa shape index (κ3) is 4.15. The molecule has 0 atom stereocenters. The molecule has 1 aromatic carbocycles. The molecule has 0 saturated carbocycles. The first-order valence-corrected chi connectivity index (χ1v) is 9.28. The van der Waals surface area contributed by atoms with E-state index in [0.29, 0.717) is 5.92 Å². The van der Waals surface area contributed by atoms with Crippen LogP contribution in [0.5, 0.6) is 0 Å². The molecule has 3 aromatic rings. The van der Waals surface area contributed by atoms with Crippen LogP contribution in [-0.4, -0.2) is 37.0 Å². The molecule has 0 saturated heterocycles. The van der Waals surface area contributed by atoms with Crippen LogP contribution in [0, 0.1) is 12.8 Å². The van der Waals surface area contributed by atoms with Crippen molar-refractivity contribution >= 4 is 22.8 Å². The third-order valence-corrected chi connectivity index (χ3v) is 4.50. The Balaban J connectivity index is 1.58. The number of fused-ring (bicyclic) bond motifs is 1. The molecule has 6 nitrogen and oxygen atoms in total. The van der Waals surface area contributed by atoms with Crippen molar-refractivity contribution in [3.8, 4) is 0 Å². The number of nitrogens with one attached hydrogen (secondary N) is 2. The third-order valence-electron chi connectivity index (χ3n) is 3.65. The quantitative estimate of drug-likeness (QED) is 0.485. The zero-order chi connectivity index (χ0) is 16.9. The van der Waals surface area contributed by atoms with Gasteiger partial charge < -0.3 is 9.88 Å². The first-order chi connectivity index (χ1) is 11.6. The Morgan fingerprint density at radius 2 is 2.08 bits per heavy atom. The number of hydrogen-bond donors (Lipinski definition) is 2. The van der Waals surface area contributed by atoms with E-state index in [1.807, 2.05) is 13.0 Å². The number of nitrogens with zero attached hydrogens (tertiary/aromatic N) is 4. The lowest BCUT2D eigenvalue weighted by Gasteiger charge is -2.12. The number of hydrogen-bond acceptors (Lipinski definition) is 5. The first kappa shape index (κ1) is 17.0. The van der Waals surface area contributed by atoms with Gasteiger partial charge in [0.25, 0.3) is 0 Å². The molecule has 2 N–H and O–H groups in total. The average molecular weight is 344 g/mol. The lowest BCUT2D eigenvalue weighted by molar-refractivity contribution is 0.508. The Kier molecular flexibility index (Phi) is 5.52. The minimum atomic E-state index is 0.589. The van der Waals surface area contributed by atoms with Crippen molar-refractivity contribution in [2.24, 2.45) is 5.92 Å². The van der Waals surface area contributed by atoms with Gasteiger partial charge in [-0.05, 0) is 25.0 Å². The number of para-hydroxylation sites is 2. The minimum absolute atomic E-state index is 0.589. The molecule has 24 heavy (non-hydrogen) atoms. The predicted octanol–water partition coefficient (Wildman–Crippen LogP) is 3.00. The zero-order valence-corrected chi connectivity index (χ0v) is 15.2. The summed E-state index contributed by atoms with van der Waals surface area (Å²) in [5, 5.41) is 11.3. The molecular formula is C17H24N6S. The number of H-pyrrole nitrogens is 1. The molecule has 0 spiro atoms. The SMILES string of the molecule is Cc1nc(SCCNCc2nc3ccccc3n2CC(C)C)n[nH]1. The van der Waals surface area contributed by atoms with Gasteiger partial charge in [-0.15, -0.1) is 5.10 Å². The smallest absolute Gasteiger partial charge is 0.208 e. The summed E-state index contributed by atoms with van der Waals surface area (Å²) in [6.07, 6.45) is 0. The van der Waals surface area contributed by atoms with E-state index in [4.69, 9.17) is 4.98 Å². The van der Waals surface area contributed by atoms with E-state index in [9.17, 15) is 0 Å². The molecule has 3 rings (SSSR count). The molecule has 2 heterocycles. The molecule has 0 bridgehead atoms. The van der Waals surface area contributed by atoms with E-state index in [1.54, 1.807) is 11.8 Å². The second-order valence-electron chi connectivity index (χ2n) is 6.25. The first-order valence-electron chi connectivity index (χ1n) is 8.30. The number of benzene rings is 1. The van der Waals surface area contributed by atoms with E-state index < -0.39 is 0 Å². The van der Waals surface area contributed by atoms with Crippen molar-refractivity contribution in [3.63, 3.8) is 0 Å². The molecule has 0 aliphatic heterocycles. The van der Waals surface area contributed by atoms with Crippen LogP contribution < -0.4 is 5.32 Å². The van der Waals surface area contributed by atoms with Gasteiger partial charge in [0.05, 0.1) is 17.6 Å². The second kappa shape index (κ2) is 7.81. The average Bonchev–Trinajstić information content (AvgIpc) is 3.11. The maximum atomic E-state index is 4.79. The molecule has 0 amide bonds. The number of aromatic amines is 1. The lowest BCUT2D eigenvalue weighted by Crippen LogP contribution is -2.20. The van der Waals surface area contributed by atoms with Crippen LogP contribution in [0.1, 0.15) is 25.5 Å². The van der Waals surface area contributed by atoms with Crippen molar-refractivity contribution in [2.45, 2.75) is 39.0 Å². The van der Waals surface area contributed by atoms with Crippen molar-refractivity contribution < 1.29 is 0 Å². The van der Waals surface area contributed by atoms with Gasteiger partial charge in [0, 0.05) is 18.8 Å². The van der Waals surface area contributed by atoms with Gasteiger partial charge in [-0.1, -0.05) is 37.7 Å². The van der Waals surface area contributed by atoms with Gasteiger partial charge in [-0.2, -0.15) is 0 Å². The molecule has 2 aromatic heterocycles. The molecule has 0 aliphatic carbocycles. The van der Waals surface area contributed by atoms with Crippen molar-refractivity contribution in [2.75, 3.05) is 12.3 Å². The highest BCUT2D eigenvalue weighted by atomic mass is 32.2. The summed E-state index contributed by atoms with van der Waals surface area (Å²) in [6, 6.07) is 8.35. The Hall–Kier alpha value is -1.86. The molecule has 0 fully saturated rings. The molecule has 0 aliphatic rings. The highest BCUT2D eigenvalue weighted by molar-refractivity contribution is 7.99. The second-order valence-corrected chi connectivity index (χ2v) is 7.31. The van der Waals surface area contributed by atoms with Crippen molar-refractivity contribution in [1.82, 2.24) is 30.0 Å². The van der Waals surface area contributed by atoms with Crippen LogP contribution in [0.4, 0.5) is 0 Å². The molecule has 0 unspecified atom stereocenters. The van der Waals surface area contributed by atoms with Crippen LogP contribution in [0.25, 0.3) is 11.0 Å². The number of imidazole rings is 1. The standard InChI is InChI=1S/C17H24N6S/c1-12(2)11-23-15-7-5-4-6-14(15)20-16(23)10-18-8-9-24-17-19-13(3)21-22-17/h4-7,12,18H,8-11H2,1-3H3,(H,19,21,22). The number of aromatic nitrogens is 5. The Morgan fingerprint density at radius 3 is 2.83 bits per heavy atom. The lowest BCUT2D eigenvalue weighted by atomic mass is 10.2. The summed E-state index contributed by atoms with van der Waals surface area (Å²) in [5.41, 5.74) is 2.29. The fourth-order valence-corrected chi connectivity index (χ4v) is 3.37. The van der Waals surface area contributed by atoms with Crippen LogP contribution in [0.3, 0.4) is 0 Å². The molecular weight excluding hydrogens is 320 g/mol. The zero-order valence-electron chi connectivity index (χ0n) is 14.4. The van der Waals surface area contributed by atoms with Crippen LogP contribution in [0.15, 0.2) is 29.4 Å². The largest absolute Gasteiger partial charge is 0.327 e. The van der Waals surface area contributed by atoms with Crippen molar-refractivity contribution in [3.05, 3.63) is 35.9 Å². The Morgan fingerprint density at radius 1 is 1.25 bits per heavy atom. The maximum Gasteiger partial charge on any atom is 0.208 e. The highest BCUT2D eigenvalue weighted by Crippen LogP contribution is 2.18. The summed E-state index contributed by atoms with van der Waals surface area (Å²) in [6.45, 7) is 9.04. The summed E-state index contributed by atoms with van der Waals surface area (Å²) < 4.78 is 2.33. The fourth-order valence-electron chi connectivity index (χ4n) is 2.63. The van der Waals surface area contributed by atoms with Crippen LogP contribution >= 0.6 is 11.8 Å². The van der Waals surface area contributed by atoms with Gasteiger partial charge in [0.1, 0.15) is 11.6 Å². The highest BCUT2D eigenvalue weighted by Gasteiger charge is 2.11. The number of thioether (sulfide) groups is 1. The van der Waals surface area contributed by atoms with E-state index >= 15 is 0 Å². The van der Waals surface area contributed by atoms with Gasteiger partial charge in [0.15, 0.2) is 0 Å². The predicted molar refractivity (Wildman–Crippen MR) is 98.1 cm³/mol. The topological polar surface area (TPSA) is 71.4 Å². The normalized spacial score (nSPS) is 11.7. The van der Waals surface area contributed by atoms with E-state index in [2.05, 4.69) is 57.1 Å². The Labute approximate surface area is 146 Å². The van der Waals surface area contributed by atoms with E-state index in [0.717, 1.165) is 47.7 Å². The van der Waals surface area contributed by atoms with E-state index in [-0.39, 0.29) is 0 Å². The van der Waals surface area contributed by atoms with Crippen LogP contribution in [0.2, 0.25) is 0 Å². The van der Waals surface area contributed by atoms with E-state index in [1.165, 1.54) is 5.52 Å². The van der Waals surface area contributed by atoms with Crippen molar-refractivity contribution in [1.29, 1.82) is 0 Å². The monoisotopic (exact) mass is 344 g/mol. The minimum Gasteiger partial charge on any atom is -0.327 e. The summed E-state index contributed by atoms with van der Waals surface area (Å²) in [5.74, 6) is 3.48. The van der Waals surface area contributed by atoms with Gasteiger partial charge in [-0.25, -0.2) is 9.97 Å². The Bertz CT molecular complexity index is 791. The van der Waals surface area contributed by atoms with Gasteiger partial charge in [-0.3, -0.25) is 5.10 Å². The summed E-state index contributed by atoms with van der Waals surface area (Å²) in [7, 11) is 0. The summed E-state index contributed by atoms with van der Waals surface area (Å²) >= 11 is 1.65. The van der Waals surface area contributed by atoms with Crippen LogP contribution in [-0.2, 0) is 13.1 Å². The van der Waals surface area contributed by atoms with Gasteiger partial charge in [0.2, 0.25) is 5.16 Å². The molecule has 0 radical (unpaired) electrons. The molecule has 7 heteroatoms. The van der Waals surface area contributed by atoms with Gasteiger partial charge >= 0.3 is 0 Å². The fraction of sp³-hybridized carbons (Fsp3) is 0.471. The summed E-state index contributed by atoms with van der Waals surface area (Å²) in [4.78, 5) is 9.08.